The summed E-state index contributed by atoms with van der Waals surface area (Å²) in [5, 5.41) is 4.78. The average Bonchev–Trinajstić information content (AvgIpc) is 3.42. The highest BCUT2D eigenvalue weighted by Crippen LogP contribution is 2.39. The first-order valence-electron chi connectivity index (χ1n) is 11.9. The van der Waals surface area contributed by atoms with Crippen molar-refractivity contribution in [3.63, 3.8) is 0 Å². The molecule has 7 heteroatoms. The Bertz CT molecular complexity index is 1160. The summed E-state index contributed by atoms with van der Waals surface area (Å²) >= 11 is 0. The topological polar surface area (TPSA) is 67.0 Å². The van der Waals surface area contributed by atoms with Crippen molar-refractivity contribution in [3.8, 4) is 11.4 Å². The SMILES string of the molecule is COc1cc(C=Cc2nc3n(n2)CCC[C@H]3C2CCCC(C)(C)O2)ccc1-n1cnc(C)c1. The second-order valence-electron chi connectivity index (χ2n) is 9.80. The summed E-state index contributed by atoms with van der Waals surface area (Å²) in [6.07, 6.45) is 13.7. The van der Waals surface area contributed by atoms with Gasteiger partial charge in [0.25, 0.3) is 0 Å². The lowest BCUT2D eigenvalue weighted by molar-refractivity contribution is -0.119. The van der Waals surface area contributed by atoms with Crippen molar-refractivity contribution >= 4 is 12.2 Å². The van der Waals surface area contributed by atoms with Crippen LogP contribution in [0, 0.1) is 6.92 Å². The predicted octanol–water partition coefficient (Wildman–Crippen LogP) is 5.18. The van der Waals surface area contributed by atoms with Crippen LogP contribution >= 0.6 is 0 Å². The first-order chi connectivity index (χ1) is 15.9. The molecule has 1 unspecified atom stereocenters. The van der Waals surface area contributed by atoms with E-state index >= 15 is 0 Å². The van der Waals surface area contributed by atoms with E-state index in [4.69, 9.17) is 19.6 Å². The molecule has 1 saturated heterocycles. The second kappa shape index (κ2) is 8.78. The molecule has 33 heavy (non-hydrogen) atoms. The molecule has 2 atom stereocenters. The van der Waals surface area contributed by atoms with Crippen molar-refractivity contribution in [3.05, 3.63) is 53.6 Å². The molecule has 3 aromatic rings. The molecule has 0 amide bonds. The third kappa shape index (κ3) is 4.60. The standard InChI is InChI=1S/C26H33N5O2/c1-18-16-30(17-27-18)21-11-9-19(15-23(21)32-4)10-12-24-28-25-20(7-6-14-31(25)29-24)22-8-5-13-26(2,3)33-22/h9-12,15-17,20,22H,5-8,13-14H2,1-4H3/t20-,22?/m0/s1. The molecule has 174 valence electrons. The maximum absolute atomic E-state index is 6.46. The number of hydrogen-bond donors (Lipinski definition) is 0. The van der Waals surface area contributed by atoms with Crippen LogP contribution in [-0.4, -0.2) is 43.1 Å². The van der Waals surface area contributed by atoms with Gasteiger partial charge in [0.05, 0.1) is 36.5 Å². The summed E-state index contributed by atoms with van der Waals surface area (Å²) < 4.78 is 16.2. The number of fused-ring (bicyclic) bond motifs is 1. The van der Waals surface area contributed by atoms with Gasteiger partial charge in [0, 0.05) is 18.7 Å². The zero-order valence-electron chi connectivity index (χ0n) is 20.0. The molecule has 2 aromatic heterocycles. The number of ether oxygens (including phenoxy) is 2. The largest absolute Gasteiger partial charge is 0.495 e. The smallest absolute Gasteiger partial charge is 0.174 e. The minimum atomic E-state index is -0.0470. The van der Waals surface area contributed by atoms with Gasteiger partial charge in [-0.1, -0.05) is 12.1 Å². The number of benzene rings is 1. The van der Waals surface area contributed by atoms with E-state index in [-0.39, 0.29) is 11.7 Å². The molecule has 0 radical (unpaired) electrons. The van der Waals surface area contributed by atoms with Crippen LogP contribution in [0.5, 0.6) is 5.75 Å². The van der Waals surface area contributed by atoms with Crippen LogP contribution in [0.25, 0.3) is 17.8 Å². The van der Waals surface area contributed by atoms with Gasteiger partial charge in [-0.3, -0.25) is 0 Å². The van der Waals surface area contributed by atoms with E-state index in [1.165, 1.54) is 6.42 Å². The molecule has 0 aliphatic carbocycles. The summed E-state index contributed by atoms with van der Waals surface area (Å²) in [4.78, 5) is 9.23. The van der Waals surface area contributed by atoms with Crippen LogP contribution in [0.15, 0.2) is 30.7 Å². The van der Waals surface area contributed by atoms with Gasteiger partial charge in [0.15, 0.2) is 5.82 Å². The van der Waals surface area contributed by atoms with E-state index in [1.807, 2.05) is 42.0 Å². The number of rotatable bonds is 5. The lowest BCUT2D eigenvalue weighted by Gasteiger charge is -2.40. The van der Waals surface area contributed by atoms with Crippen LogP contribution in [0.2, 0.25) is 0 Å². The highest BCUT2D eigenvalue weighted by atomic mass is 16.5. The first-order valence-corrected chi connectivity index (χ1v) is 11.9. The fourth-order valence-electron chi connectivity index (χ4n) is 5.10. The van der Waals surface area contributed by atoms with Crippen LogP contribution in [0.4, 0.5) is 0 Å². The molecule has 2 aliphatic heterocycles. The Hall–Kier alpha value is -2.93. The van der Waals surface area contributed by atoms with Gasteiger partial charge in [0.2, 0.25) is 0 Å². The Kier molecular flexibility index (Phi) is 5.83. The molecule has 1 fully saturated rings. The zero-order chi connectivity index (χ0) is 23.0. The van der Waals surface area contributed by atoms with Crippen molar-refractivity contribution in [1.29, 1.82) is 0 Å². The van der Waals surface area contributed by atoms with Crippen molar-refractivity contribution in [2.75, 3.05) is 7.11 Å². The second-order valence-corrected chi connectivity index (χ2v) is 9.80. The normalized spacial score (nSPS) is 22.4. The number of methoxy groups -OCH3 is 1. The van der Waals surface area contributed by atoms with Gasteiger partial charge in [0.1, 0.15) is 11.6 Å². The molecular formula is C26H33N5O2. The molecular weight excluding hydrogens is 414 g/mol. The van der Waals surface area contributed by atoms with E-state index in [2.05, 4.69) is 29.6 Å². The van der Waals surface area contributed by atoms with Crippen molar-refractivity contribution in [2.45, 2.75) is 77.0 Å². The van der Waals surface area contributed by atoms with E-state index in [0.29, 0.717) is 5.92 Å². The number of aromatic nitrogens is 5. The number of aryl methyl sites for hydroxylation is 2. The fraction of sp³-hybridized carbons (Fsp3) is 0.500. The number of hydrogen-bond acceptors (Lipinski definition) is 5. The first kappa shape index (κ1) is 21.9. The molecule has 1 aromatic carbocycles. The van der Waals surface area contributed by atoms with Gasteiger partial charge >= 0.3 is 0 Å². The maximum atomic E-state index is 6.46. The van der Waals surface area contributed by atoms with Crippen molar-refractivity contribution in [2.24, 2.45) is 0 Å². The Morgan fingerprint density at radius 1 is 1.18 bits per heavy atom. The van der Waals surface area contributed by atoms with Gasteiger partial charge in [-0.25, -0.2) is 14.6 Å². The zero-order valence-corrected chi connectivity index (χ0v) is 20.0. The van der Waals surface area contributed by atoms with Gasteiger partial charge < -0.3 is 14.0 Å². The van der Waals surface area contributed by atoms with Crippen molar-refractivity contribution in [1.82, 2.24) is 24.3 Å². The Morgan fingerprint density at radius 3 is 2.82 bits per heavy atom. The van der Waals surface area contributed by atoms with Crippen LogP contribution in [0.1, 0.15) is 74.8 Å². The number of imidazole rings is 1. The minimum Gasteiger partial charge on any atom is -0.495 e. The molecule has 5 rings (SSSR count). The Labute approximate surface area is 195 Å². The minimum absolute atomic E-state index is 0.0470. The molecule has 2 aliphatic rings. The molecule has 7 nitrogen and oxygen atoms in total. The van der Waals surface area contributed by atoms with Crippen LogP contribution in [-0.2, 0) is 11.3 Å². The van der Waals surface area contributed by atoms with Crippen LogP contribution in [0.3, 0.4) is 0 Å². The third-order valence-electron chi connectivity index (χ3n) is 6.74. The number of nitrogens with zero attached hydrogens (tertiary/aromatic N) is 5. The van der Waals surface area contributed by atoms with E-state index < -0.39 is 0 Å². The quantitative estimate of drug-likeness (QED) is 0.539. The summed E-state index contributed by atoms with van der Waals surface area (Å²) in [5.41, 5.74) is 2.92. The lowest BCUT2D eigenvalue weighted by Crippen LogP contribution is -2.40. The summed E-state index contributed by atoms with van der Waals surface area (Å²) in [6.45, 7) is 7.31. The average molecular weight is 448 g/mol. The monoisotopic (exact) mass is 447 g/mol. The van der Waals surface area contributed by atoms with Gasteiger partial charge in [-0.2, -0.15) is 5.10 Å². The summed E-state index contributed by atoms with van der Waals surface area (Å²) in [6, 6.07) is 6.14. The Morgan fingerprint density at radius 2 is 2.06 bits per heavy atom. The summed E-state index contributed by atoms with van der Waals surface area (Å²) in [5.74, 6) is 2.95. The molecule has 0 saturated carbocycles. The van der Waals surface area contributed by atoms with E-state index in [9.17, 15) is 0 Å². The molecule has 0 N–H and O–H groups in total. The fourth-order valence-corrected chi connectivity index (χ4v) is 5.10. The highest BCUT2D eigenvalue weighted by molar-refractivity contribution is 5.69. The van der Waals surface area contributed by atoms with Gasteiger partial charge in [-0.05, 0) is 76.6 Å². The maximum Gasteiger partial charge on any atom is 0.174 e. The third-order valence-corrected chi connectivity index (χ3v) is 6.74. The molecule has 0 spiro atoms. The summed E-state index contributed by atoms with van der Waals surface area (Å²) in [7, 11) is 1.69. The van der Waals surface area contributed by atoms with E-state index in [1.54, 1.807) is 13.4 Å². The molecule has 0 bridgehead atoms. The van der Waals surface area contributed by atoms with E-state index in [0.717, 1.165) is 66.6 Å². The predicted molar refractivity (Wildman–Crippen MR) is 129 cm³/mol. The van der Waals surface area contributed by atoms with Crippen LogP contribution < -0.4 is 4.74 Å². The highest BCUT2D eigenvalue weighted by Gasteiger charge is 2.37. The van der Waals surface area contributed by atoms with Gasteiger partial charge in [-0.15, -0.1) is 0 Å². The lowest BCUT2D eigenvalue weighted by atomic mass is 9.85. The van der Waals surface area contributed by atoms with Crippen molar-refractivity contribution < 1.29 is 9.47 Å². The molecule has 4 heterocycles. The Balaban J connectivity index is 1.36.